The van der Waals surface area contributed by atoms with Crippen molar-refractivity contribution in [3.05, 3.63) is 95.6 Å². The number of nitrogens with one attached hydrogen (secondary N) is 2. The molecule has 0 fully saturated rings. The first-order valence-electron chi connectivity index (χ1n) is 11.1. The van der Waals surface area contributed by atoms with Crippen molar-refractivity contribution in [2.24, 2.45) is 0 Å². The molecule has 1 aliphatic heterocycles. The average molecular weight is 430 g/mol. The van der Waals surface area contributed by atoms with Crippen LogP contribution in [0.15, 0.2) is 78.9 Å². The van der Waals surface area contributed by atoms with Gasteiger partial charge in [-0.1, -0.05) is 60.7 Å². The monoisotopic (exact) mass is 429 g/mol. The zero-order valence-electron chi connectivity index (χ0n) is 18.8. The number of ether oxygens (including phenoxy) is 1. The van der Waals surface area contributed by atoms with Gasteiger partial charge in [0.1, 0.15) is 5.75 Å². The summed E-state index contributed by atoms with van der Waals surface area (Å²) in [5, 5.41) is 5.89. The fourth-order valence-corrected chi connectivity index (χ4v) is 4.85. The maximum absolute atomic E-state index is 12.4. The number of carbonyl (C=O) groups is 1. The van der Waals surface area contributed by atoms with E-state index in [4.69, 9.17) is 4.74 Å². The Morgan fingerprint density at radius 2 is 1.81 bits per heavy atom. The molecule has 1 aliphatic rings. The summed E-state index contributed by atoms with van der Waals surface area (Å²) in [5.41, 5.74) is 4.75. The van der Waals surface area contributed by atoms with Crippen LogP contribution in [0.25, 0.3) is 0 Å². The highest BCUT2D eigenvalue weighted by molar-refractivity contribution is 5.89. The predicted molar refractivity (Wildman–Crippen MR) is 129 cm³/mol. The van der Waals surface area contributed by atoms with Gasteiger partial charge in [0.15, 0.2) is 0 Å². The molecule has 3 aromatic carbocycles. The number of amides is 2. The molecule has 0 spiro atoms. The summed E-state index contributed by atoms with van der Waals surface area (Å²) < 4.78 is 5.22. The van der Waals surface area contributed by atoms with Gasteiger partial charge in [-0.15, -0.1) is 0 Å². The van der Waals surface area contributed by atoms with E-state index < -0.39 is 0 Å². The van der Waals surface area contributed by atoms with E-state index in [1.54, 1.807) is 13.2 Å². The maximum Gasteiger partial charge on any atom is 0.319 e. The van der Waals surface area contributed by atoms with Crippen molar-refractivity contribution < 1.29 is 9.53 Å². The van der Waals surface area contributed by atoms with Gasteiger partial charge < -0.3 is 20.3 Å². The highest BCUT2D eigenvalue weighted by Gasteiger charge is 2.39. The fourth-order valence-electron chi connectivity index (χ4n) is 4.85. The van der Waals surface area contributed by atoms with E-state index in [9.17, 15) is 4.79 Å². The second kappa shape index (κ2) is 9.88. The van der Waals surface area contributed by atoms with E-state index in [1.165, 1.54) is 16.7 Å². The molecule has 3 aromatic rings. The van der Waals surface area contributed by atoms with Crippen LogP contribution in [0.4, 0.5) is 10.5 Å². The summed E-state index contributed by atoms with van der Waals surface area (Å²) in [6.45, 7) is 2.53. The molecule has 5 nitrogen and oxygen atoms in total. The van der Waals surface area contributed by atoms with Gasteiger partial charge in [0.05, 0.1) is 7.11 Å². The minimum Gasteiger partial charge on any atom is -0.497 e. The largest absolute Gasteiger partial charge is 0.497 e. The van der Waals surface area contributed by atoms with Gasteiger partial charge in [-0.2, -0.15) is 0 Å². The SMILES string of the molecule is COc1cccc(NC(=O)NCCCC2(c3ccccc3)CN(C)Cc3ccccc32)c1. The molecule has 5 heteroatoms. The molecule has 0 aromatic heterocycles. The number of hydrogen-bond acceptors (Lipinski definition) is 3. The normalized spacial score (nSPS) is 17.9. The van der Waals surface area contributed by atoms with Gasteiger partial charge >= 0.3 is 6.03 Å². The summed E-state index contributed by atoms with van der Waals surface area (Å²) >= 11 is 0. The smallest absolute Gasteiger partial charge is 0.319 e. The number of methoxy groups -OCH3 is 1. The Bertz CT molecular complexity index is 1050. The third-order valence-corrected chi connectivity index (χ3v) is 6.23. The molecule has 32 heavy (non-hydrogen) atoms. The summed E-state index contributed by atoms with van der Waals surface area (Å²) in [6.07, 6.45) is 1.83. The average Bonchev–Trinajstić information content (AvgIpc) is 2.82. The number of likely N-dealkylation sites (N-methyl/N-ethyl adjacent to an activating group) is 1. The molecule has 0 saturated carbocycles. The Morgan fingerprint density at radius 1 is 1.03 bits per heavy atom. The summed E-state index contributed by atoms with van der Waals surface area (Å²) in [4.78, 5) is 14.8. The van der Waals surface area contributed by atoms with Crippen molar-refractivity contribution >= 4 is 11.7 Å². The third-order valence-electron chi connectivity index (χ3n) is 6.23. The number of fused-ring (bicyclic) bond motifs is 1. The van der Waals surface area contributed by atoms with E-state index >= 15 is 0 Å². The molecular formula is C27H31N3O2. The lowest BCUT2D eigenvalue weighted by atomic mass is 9.67. The Morgan fingerprint density at radius 3 is 2.62 bits per heavy atom. The molecule has 166 valence electrons. The zero-order valence-corrected chi connectivity index (χ0v) is 18.8. The molecule has 4 rings (SSSR count). The molecule has 0 saturated heterocycles. The first-order valence-corrected chi connectivity index (χ1v) is 11.1. The maximum atomic E-state index is 12.4. The Labute approximate surface area is 190 Å². The number of hydrogen-bond donors (Lipinski definition) is 2. The van der Waals surface area contributed by atoms with E-state index in [2.05, 4.69) is 77.2 Å². The van der Waals surface area contributed by atoms with Gasteiger partial charge in [0.2, 0.25) is 0 Å². The van der Waals surface area contributed by atoms with Crippen LogP contribution in [0.1, 0.15) is 29.5 Å². The molecule has 1 heterocycles. The second-order valence-corrected chi connectivity index (χ2v) is 8.49. The van der Waals surface area contributed by atoms with Crippen LogP contribution < -0.4 is 15.4 Å². The van der Waals surface area contributed by atoms with Gasteiger partial charge in [0.25, 0.3) is 0 Å². The first kappa shape index (κ1) is 21.9. The van der Waals surface area contributed by atoms with Crippen LogP contribution >= 0.6 is 0 Å². The van der Waals surface area contributed by atoms with Gasteiger partial charge in [0, 0.05) is 36.8 Å². The zero-order chi connectivity index (χ0) is 22.4. The minimum absolute atomic E-state index is 0.0875. The number of benzene rings is 3. The van der Waals surface area contributed by atoms with Crippen LogP contribution in [0.5, 0.6) is 5.75 Å². The van der Waals surface area contributed by atoms with Crippen LogP contribution in [-0.4, -0.2) is 38.2 Å². The van der Waals surface area contributed by atoms with Crippen molar-refractivity contribution in [1.82, 2.24) is 10.2 Å². The highest BCUT2D eigenvalue weighted by atomic mass is 16.5. The molecule has 0 bridgehead atoms. The minimum atomic E-state index is -0.201. The number of anilines is 1. The van der Waals surface area contributed by atoms with Crippen molar-refractivity contribution in [1.29, 1.82) is 0 Å². The molecule has 1 unspecified atom stereocenters. The van der Waals surface area contributed by atoms with Crippen molar-refractivity contribution in [3.8, 4) is 5.75 Å². The summed E-state index contributed by atoms with van der Waals surface area (Å²) in [7, 11) is 3.80. The molecule has 0 radical (unpaired) electrons. The highest BCUT2D eigenvalue weighted by Crippen LogP contribution is 2.42. The van der Waals surface area contributed by atoms with Gasteiger partial charge in [-0.25, -0.2) is 4.79 Å². The summed E-state index contributed by atoms with van der Waals surface area (Å²) in [6, 6.07) is 26.7. The second-order valence-electron chi connectivity index (χ2n) is 8.49. The number of carbonyl (C=O) groups excluding carboxylic acids is 1. The van der Waals surface area contributed by atoms with Crippen LogP contribution in [0.2, 0.25) is 0 Å². The molecule has 1 atom stereocenters. The fraction of sp³-hybridized carbons (Fsp3) is 0.296. The standard InChI is InChI=1S/C27H31N3O2/c1-30-19-21-10-6-7-15-25(21)27(20-30,22-11-4-3-5-12-22)16-9-17-28-26(31)29-23-13-8-14-24(18-23)32-2/h3-8,10-15,18H,9,16-17,19-20H2,1-2H3,(H2,28,29,31). The first-order chi connectivity index (χ1) is 15.6. The Hall–Kier alpha value is -3.31. The van der Waals surface area contributed by atoms with Crippen molar-refractivity contribution in [2.75, 3.05) is 32.6 Å². The molecular weight excluding hydrogens is 398 g/mol. The lowest BCUT2D eigenvalue weighted by molar-refractivity contribution is 0.224. The predicted octanol–water partition coefficient (Wildman–Crippen LogP) is 5.03. The van der Waals surface area contributed by atoms with E-state index in [0.717, 1.165) is 25.9 Å². The van der Waals surface area contributed by atoms with Crippen molar-refractivity contribution in [3.63, 3.8) is 0 Å². The number of urea groups is 1. The van der Waals surface area contributed by atoms with Crippen LogP contribution in [0.3, 0.4) is 0 Å². The molecule has 2 N–H and O–H groups in total. The van der Waals surface area contributed by atoms with Gasteiger partial charge in [-0.3, -0.25) is 0 Å². The van der Waals surface area contributed by atoms with Crippen LogP contribution in [-0.2, 0) is 12.0 Å². The Kier molecular flexibility index (Phi) is 6.76. The van der Waals surface area contributed by atoms with E-state index in [0.29, 0.717) is 18.0 Å². The molecule has 0 aliphatic carbocycles. The van der Waals surface area contributed by atoms with E-state index in [-0.39, 0.29) is 11.4 Å². The quantitative estimate of drug-likeness (QED) is 0.518. The number of rotatable bonds is 7. The summed E-state index contributed by atoms with van der Waals surface area (Å²) in [5.74, 6) is 0.715. The lowest BCUT2D eigenvalue weighted by Crippen LogP contribution is -2.45. The van der Waals surface area contributed by atoms with Crippen molar-refractivity contribution in [2.45, 2.75) is 24.8 Å². The third kappa shape index (κ3) is 4.78. The lowest BCUT2D eigenvalue weighted by Gasteiger charge is -2.44. The topological polar surface area (TPSA) is 53.6 Å². The van der Waals surface area contributed by atoms with Crippen LogP contribution in [0, 0.1) is 0 Å². The Balaban J connectivity index is 1.45. The number of nitrogens with zero attached hydrogens (tertiary/aromatic N) is 1. The molecule has 2 amide bonds. The van der Waals surface area contributed by atoms with E-state index in [1.807, 2.05) is 18.2 Å². The van der Waals surface area contributed by atoms with Gasteiger partial charge in [-0.05, 0) is 48.7 Å².